The SMILES string of the molecule is CC1(C)CC(OCc2c(-c3c(Cl)cccc3Cl)noc2C2CC2)CCN(C2CCCC(C=O)C2)C1. The van der Waals surface area contributed by atoms with Crippen molar-refractivity contribution in [2.45, 2.75) is 89.9 Å². The lowest BCUT2D eigenvalue weighted by molar-refractivity contribution is -0.112. The number of halogens is 2. The fourth-order valence-electron chi connectivity index (χ4n) is 6.08. The van der Waals surface area contributed by atoms with Crippen LogP contribution in [0.3, 0.4) is 0 Å². The van der Waals surface area contributed by atoms with E-state index in [4.69, 9.17) is 32.5 Å². The van der Waals surface area contributed by atoms with E-state index in [9.17, 15) is 4.79 Å². The summed E-state index contributed by atoms with van der Waals surface area (Å²) in [6.07, 6.45) is 9.92. The van der Waals surface area contributed by atoms with Crippen molar-refractivity contribution in [3.8, 4) is 11.3 Å². The second kappa shape index (κ2) is 10.5. The molecule has 2 aliphatic carbocycles. The molecule has 3 atom stereocenters. The van der Waals surface area contributed by atoms with E-state index in [-0.39, 0.29) is 17.4 Å². The van der Waals surface area contributed by atoms with Gasteiger partial charge < -0.3 is 14.1 Å². The quantitative estimate of drug-likeness (QED) is 0.360. The average molecular weight is 520 g/mol. The van der Waals surface area contributed by atoms with Gasteiger partial charge in [-0.15, -0.1) is 0 Å². The molecule has 0 spiro atoms. The molecular formula is C28H36Cl2N2O3. The van der Waals surface area contributed by atoms with E-state index < -0.39 is 0 Å². The molecule has 7 heteroatoms. The highest BCUT2D eigenvalue weighted by Crippen LogP contribution is 2.46. The Hall–Kier alpha value is -1.40. The third-order valence-corrected chi connectivity index (χ3v) is 8.61. The molecule has 3 unspecified atom stereocenters. The Morgan fingerprint density at radius 2 is 1.94 bits per heavy atom. The van der Waals surface area contributed by atoms with Crippen molar-refractivity contribution in [1.82, 2.24) is 10.1 Å². The van der Waals surface area contributed by atoms with Gasteiger partial charge >= 0.3 is 0 Å². The van der Waals surface area contributed by atoms with E-state index in [1.54, 1.807) is 0 Å². The molecule has 2 heterocycles. The molecule has 3 fully saturated rings. The lowest BCUT2D eigenvalue weighted by atomic mass is 9.83. The molecule has 0 N–H and O–H groups in total. The number of nitrogens with zero attached hydrogens (tertiary/aromatic N) is 2. The van der Waals surface area contributed by atoms with Gasteiger partial charge in [0.25, 0.3) is 0 Å². The summed E-state index contributed by atoms with van der Waals surface area (Å²) in [6.45, 7) is 7.18. The van der Waals surface area contributed by atoms with Gasteiger partial charge in [-0.1, -0.05) is 54.7 Å². The number of aromatic nitrogens is 1. The molecule has 2 saturated carbocycles. The second-order valence-corrected chi connectivity index (χ2v) is 12.3. The maximum atomic E-state index is 11.4. The molecule has 190 valence electrons. The van der Waals surface area contributed by atoms with Crippen LogP contribution in [0.1, 0.15) is 82.5 Å². The first kappa shape index (κ1) is 25.3. The first-order valence-corrected chi connectivity index (χ1v) is 13.8. The number of hydrogen-bond donors (Lipinski definition) is 0. The van der Waals surface area contributed by atoms with Gasteiger partial charge in [0, 0.05) is 42.1 Å². The molecule has 5 rings (SSSR count). The van der Waals surface area contributed by atoms with Gasteiger partial charge in [-0.2, -0.15) is 0 Å². The van der Waals surface area contributed by atoms with Gasteiger partial charge in [-0.3, -0.25) is 4.90 Å². The lowest BCUT2D eigenvalue weighted by Crippen LogP contribution is -2.43. The highest BCUT2D eigenvalue weighted by Gasteiger charge is 2.37. The van der Waals surface area contributed by atoms with Crippen LogP contribution in [0.25, 0.3) is 11.3 Å². The van der Waals surface area contributed by atoms with Gasteiger partial charge in [-0.25, -0.2) is 0 Å². The molecule has 1 aromatic heterocycles. The molecule has 0 bridgehead atoms. The normalized spacial score (nSPS) is 27.5. The summed E-state index contributed by atoms with van der Waals surface area (Å²) in [5.74, 6) is 1.55. The Morgan fingerprint density at radius 1 is 1.17 bits per heavy atom. The number of rotatable bonds is 7. The van der Waals surface area contributed by atoms with Crippen LogP contribution in [0, 0.1) is 11.3 Å². The van der Waals surface area contributed by atoms with Crippen LogP contribution in [-0.4, -0.2) is 41.6 Å². The third-order valence-electron chi connectivity index (χ3n) is 7.98. The second-order valence-electron chi connectivity index (χ2n) is 11.5. The molecule has 1 saturated heterocycles. The van der Waals surface area contributed by atoms with E-state index in [2.05, 4.69) is 23.9 Å². The van der Waals surface area contributed by atoms with Crippen LogP contribution >= 0.6 is 23.2 Å². The Balaban J connectivity index is 1.32. The van der Waals surface area contributed by atoms with E-state index in [1.807, 2.05) is 18.2 Å². The number of likely N-dealkylation sites (tertiary alicyclic amines) is 1. The summed E-state index contributed by atoms with van der Waals surface area (Å²) >= 11 is 13.0. The Labute approximate surface area is 218 Å². The first-order valence-electron chi connectivity index (χ1n) is 13.1. The minimum absolute atomic E-state index is 0.137. The van der Waals surface area contributed by atoms with Crippen LogP contribution in [0.4, 0.5) is 0 Å². The van der Waals surface area contributed by atoms with Crippen LogP contribution in [0.2, 0.25) is 10.0 Å². The standard InChI is InChI=1S/C28H36Cl2N2O3/c1-28(2)14-21(11-12-32(17-28)20-6-3-5-18(13-20)15-33)34-16-22-26(31-35-27(22)19-9-10-19)25-23(29)7-4-8-24(25)30/h4,7-8,15,18-21H,3,5-6,9-14,16-17H2,1-2H3. The number of ether oxygens (including phenoxy) is 1. The van der Waals surface area contributed by atoms with E-state index in [0.29, 0.717) is 34.3 Å². The van der Waals surface area contributed by atoms with Crippen molar-refractivity contribution in [3.63, 3.8) is 0 Å². The fourth-order valence-corrected chi connectivity index (χ4v) is 6.66. The van der Waals surface area contributed by atoms with E-state index in [1.165, 1.54) is 12.7 Å². The van der Waals surface area contributed by atoms with Crippen molar-refractivity contribution in [3.05, 3.63) is 39.6 Å². The smallest absolute Gasteiger partial charge is 0.145 e. The fraction of sp³-hybridized carbons (Fsp3) is 0.643. The lowest BCUT2D eigenvalue weighted by Gasteiger charge is -2.38. The molecule has 35 heavy (non-hydrogen) atoms. The third kappa shape index (κ3) is 5.79. The van der Waals surface area contributed by atoms with Gasteiger partial charge in [0.2, 0.25) is 0 Å². The van der Waals surface area contributed by atoms with Crippen molar-refractivity contribution in [2.24, 2.45) is 11.3 Å². The summed E-state index contributed by atoms with van der Waals surface area (Å²) in [7, 11) is 0. The zero-order valence-electron chi connectivity index (χ0n) is 20.8. The van der Waals surface area contributed by atoms with Gasteiger partial charge in [-0.05, 0) is 62.5 Å². The molecule has 2 aromatic rings. The van der Waals surface area contributed by atoms with Gasteiger partial charge in [0.1, 0.15) is 17.7 Å². The average Bonchev–Trinajstić information content (AvgIpc) is 3.62. The van der Waals surface area contributed by atoms with Gasteiger partial charge in [0.05, 0.1) is 22.8 Å². The predicted octanol–water partition coefficient (Wildman–Crippen LogP) is 7.29. The summed E-state index contributed by atoms with van der Waals surface area (Å²) in [4.78, 5) is 14.0. The van der Waals surface area contributed by atoms with E-state index >= 15 is 0 Å². The summed E-state index contributed by atoms with van der Waals surface area (Å²) < 4.78 is 12.4. The Morgan fingerprint density at radius 3 is 2.66 bits per heavy atom. The number of carbonyl (C=O) groups is 1. The minimum Gasteiger partial charge on any atom is -0.373 e. The monoisotopic (exact) mass is 518 g/mol. The molecule has 0 amide bonds. The number of hydrogen-bond acceptors (Lipinski definition) is 5. The number of carbonyl (C=O) groups excluding carboxylic acids is 1. The highest BCUT2D eigenvalue weighted by molar-refractivity contribution is 6.39. The zero-order chi connectivity index (χ0) is 24.6. The van der Waals surface area contributed by atoms with Crippen LogP contribution in [-0.2, 0) is 16.1 Å². The minimum atomic E-state index is 0.137. The molecular weight excluding hydrogens is 483 g/mol. The summed E-state index contributed by atoms with van der Waals surface area (Å²) in [6, 6.07) is 6.02. The molecule has 0 radical (unpaired) electrons. The summed E-state index contributed by atoms with van der Waals surface area (Å²) in [5.41, 5.74) is 2.55. The topological polar surface area (TPSA) is 55.6 Å². The first-order chi connectivity index (χ1) is 16.8. The van der Waals surface area contributed by atoms with Crippen molar-refractivity contribution >= 4 is 29.5 Å². The highest BCUT2D eigenvalue weighted by atomic mass is 35.5. The number of benzene rings is 1. The molecule has 5 nitrogen and oxygen atoms in total. The largest absolute Gasteiger partial charge is 0.373 e. The van der Waals surface area contributed by atoms with Gasteiger partial charge in [0.15, 0.2) is 0 Å². The predicted molar refractivity (Wildman–Crippen MR) is 139 cm³/mol. The van der Waals surface area contributed by atoms with Crippen LogP contribution in [0.5, 0.6) is 0 Å². The van der Waals surface area contributed by atoms with Crippen LogP contribution in [0.15, 0.2) is 22.7 Å². The Bertz CT molecular complexity index is 1030. The maximum Gasteiger partial charge on any atom is 0.145 e. The van der Waals surface area contributed by atoms with E-state index in [0.717, 1.165) is 74.9 Å². The van der Waals surface area contributed by atoms with Crippen LogP contribution < -0.4 is 0 Å². The van der Waals surface area contributed by atoms with Crippen molar-refractivity contribution in [2.75, 3.05) is 13.1 Å². The summed E-state index contributed by atoms with van der Waals surface area (Å²) in [5, 5.41) is 5.55. The van der Waals surface area contributed by atoms with Crippen molar-refractivity contribution in [1.29, 1.82) is 0 Å². The van der Waals surface area contributed by atoms with Crippen molar-refractivity contribution < 1.29 is 14.1 Å². The molecule has 1 aliphatic heterocycles. The molecule has 3 aliphatic rings. The zero-order valence-corrected chi connectivity index (χ0v) is 22.3. The molecule has 1 aromatic carbocycles. The number of aldehydes is 1. The Kier molecular flexibility index (Phi) is 7.60. The maximum absolute atomic E-state index is 11.4.